The van der Waals surface area contributed by atoms with Crippen molar-refractivity contribution < 1.29 is 8.42 Å². The van der Waals surface area contributed by atoms with E-state index in [1.54, 1.807) is 13.0 Å². The smallest absolute Gasteiger partial charge is 0.280 e. The molecule has 4 N–H and O–H groups in total. The van der Waals surface area contributed by atoms with Crippen LogP contribution in [-0.4, -0.2) is 31.1 Å². The normalized spacial score (nSPS) is 11.8. The quantitative estimate of drug-likeness (QED) is 0.514. The number of aromatic amines is 1. The number of nitrogens with two attached hydrogens (primary N) is 1. The molecule has 29 heavy (non-hydrogen) atoms. The lowest BCUT2D eigenvalue weighted by Gasteiger charge is -2.08. The van der Waals surface area contributed by atoms with Crippen LogP contribution in [-0.2, 0) is 16.4 Å². The number of aryl methyl sites for hydroxylation is 2. The van der Waals surface area contributed by atoms with E-state index in [0.29, 0.717) is 23.6 Å². The molecule has 0 aliphatic carbocycles. The Morgan fingerprint density at radius 1 is 1.21 bits per heavy atom. The third kappa shape index (κ3) is 4.64. The van der Waals surface area contributed by atoms with E-state index >= 15 is 0 Å². The first-order valence-corrected chi connectivity index (χ1v) is 10.6. The Bertz CT molecular complexity index is 1210. The highest BCUT2D eigenvalue weighted by molar-refractivity contribution is 7.89. The number of rotatable bonds is 7. The molecule has 3 aromatic rings. The number of primary sulfonamides is 1. The zero-order valence-electron chi connectivity index (χ0n) is 16.2. The Hall–Kier alpha value is -3.17. The van der Waals surface area contributed by atoms with E-state index < -0.39 is 10.0 Å². The predicted molar refractivity (Wildman–Crippen MR) is 114 cm³/mol. The lowest BCUT2D eigenvalue weighted by Crippen LogP contribution is -2.18. The van der Waals surface area contributed by atoms with Crippen molar-refractivity contribution in [2.45, 2.75) is 25.2 Å². The molecule has 0 radical (unpaired) electrons. The van der Waals surface area contributed by atoms with Crippen LogP contribution < -0.4 is 16.0 Å². The van der Waals surface area contributed by atoms with Crippen molar-refractivity contribution in [3.05, 3.63) is 75.7 Å². The fourth-order valence-electron chi connectivity index (χ4n) is 2.96. The number of H-pyrrole nitrogens is 1. The molecule has 3 rings (SSSR count). The second-order valence-electron chi connectivity index (χ2n) is 6.49. The van der Waals surface area contributed by atoms with Crippen LogP contribution in [0.2, 0.25) is 0 Å². The predicted octanol–water partition coefficient (Wildman–Crippen LogP) is 2.17. The van der Waals surface area contributed by atoms with E-state index in [2.05, 4.69) is 28.4 Å². The van der Waals surface area contributed by atoms with Crippen LogP contribution in [0.15, 0.2) is 63.2 Å². The number of nitrogens with zero attached hydrogens (tertiary/aromatic N) is 2. The number of sulfonamides is 1. The Kier molecular flexibility index (Phi) is 6.00. The van der Waals surface area contributed by atoms with Crippen LogP contribution >= 0.6 is 0 Å². The van der Waals surface area contributed by atoms with E-state index in [1.807, 2.05) is 18.2 Å². The molecule has 0 fully saturated rings. The van der Waals surface area contributed by atoms with Crippen LogP contribution in [0.3, 0.4) is 0 Å². The molecule has 8 nitrogen and oxygen atoms in total. The molecule has 9 heteroatoms. The molecule has 0 saturated heterocycles. The van der Waals surface area contributed by atoms with E-state index in [4.69, 9.17) is 5.14 Å². The molecule has 1 aromatic heterocycles. The van der Waals surface area contributed by atoms with Gasteiger partial charge in [0, 0.05) is 17.6 Å². The monoisotopic (exact) mass is 413 g/mol. The van der Waals surface area contributed by atoms with Crippen molar-refractivity contribution in [3.8, 4) is 5.69 Å². The number of anilines is 1. The number of para-hydroxylation sites is 1. The number of hydrogen-bond acceptors (Lipinski definition) is 5. The van der Waals surface area contributed by atoms with Crippen molar-refractivity contribution in [2.24, 2.45) is 10.1 Å². The largest absolute Gasteiger partial charge is 0.366 e. The highest BCUT2D eigenvalue weighted by atomic mass is 32.2. The van der Waals surface area contributed by atoms with Gasteiger partial charge in [0.1, 0.15) is 6.67 Å². The molecular formula is C20H23N5O3S. The van der Waals surface area contributed by atoms with Gasteiger partial charge in [0.15, 0.2) is 0 Å². The van der Waals surface area contributed by atoms with Gasteiger partial charge in [-0.3, -0.25) is 14.9 Å². The van der Waals surface area contributed by atoms with Crippen molar-refractivity contribution >= 4 is 21.9 Å². The van der Waals surface area contributed by atoms with Crippen molar-refractivity contribution in [1.29, 1.82) is 0 Å². The average molecular weight is 414 g/mol. The van der Waals surface area contributed by atoms with Crippen molar-refractivity contribution in [2.75, 3.05) is 12.0 Å². The summed E-state index contributed by atoms with van der Waals surface area (Å²) in [6.07, 6.45) is 2.42. The standard InChI is InChI=1S/C20H23N5O3S/c1-3-15-7-4-5-10-19(15)23-13-22-12-18-14(2)24-25(20(18)26)16-8-6-9-17(11-16)29(21,27)28/h4-12,23-24H,3,13H2,1-2H3,(H2,21,27,28). The van der Waals surface area contributed by atoms with Gasteiger partial charge in [0.2, 0.25) is 10.0 Å². The van der Waals surface area contributed by atoms with Crippen LogP contribution in [0.25, 0.3) is 5.69 Å². The van der Waals surface area contributed by atoms with E-state index in [0.717, 1.165) is 12.1 Å². The second-order valence-corrected chi connectivity index (χ2v) is 8.05. The van der Waals surface area contributed by atoms with E-state index in [9.17, 15) is 13.2 Å². The molecule has 0 atom stereocenters. The highest BCUT2D eigenvalue weighted by Gasteiger charge is 2.13. The van der Waals surface area contributed by atoms with Crippen LogP contribution in [0.1, 0.15) is 23.7 Å². The third-order valence-corrected chi connectivity index (χ3v) is 5.41. The first kappa shape index (κ1) is 20.6. The van der Waals surface area contributed by atoms with Gasteiger partial charge in [-0.2, -0.15) is 0 Å². The highest BCUT2D eigenvalue weighted by Crippen LogP contribution is 2.15. The molecule has 1 heterocycles. The second kappa shape index (κ2) is 8.46. The van der Waals surface area contributed by atoms with Crippen LogP contribution in [0.5, 0.6) is 0 Å². The van der Waals surface area contributed by atoms with Gasteiger partial charge in [-0.25, -0.2) is 18.2 Å². The summed E-state index contributed by atoms with van der Waals surface area (Å²) in [7, 11) is -3.86. The van der Waals surface area contributed by atoms with Gasteiger partial charge in [-0.05, 0) is 43.2 Å². The number of benzene rings is 2. The number of nitrogens with one attached hydrogen (secondary N) is 2. The Labute approximate surface area is 169 Å². The minimum absolute atomic E-state index is 0.0665. The van der Waals surface area contributed by atoms with E-state index in [1.165, 1.54) is 34.7 Å². The van der Waals surface area contributed by atoms with Gasteiger partial charge in [-0.15, -0.1) is 0 Å². The molecular weight excluding hydrogens is 390 g/mol. The molecule has 2 aromatic carbocycles. The maximum Gasteiger partial charge on any atom is 0.280 e. The summed E-state index contributed by atoms with van der Waals surface area (Å²) in [5.74, 6) is 0. The maximum atomic E-state index is 12.8. The topological polar surface area (TPSA) is 122 Å². The van der Waals surface area contributed by atoms with E-state index in [-0.39, 0.29) is 10.5 Å². The summed E-state index contributed by atoms with van der Waals surface area (Å²) in [5.41, 5.74) is 3.27. The van der Waals surface area contributed by atoms with Gasteiger partial charge in [0.05, 0.1) is 16.1 Å². The molecule has 0 aliphatic rings. The SMILES string of the molecule is CCc1ccccc1NCN=Cc1c(C)[nH]n(-c2cccc(S(N)(=O)=O)c2)c1=O. The Morgan fingerprint density at radius 2 is 1.97 bits per heavy atom. The van der Waals surface area contributed by atoms with Crippen molar-refractivity contribution in [3.63, 3.8) is 0 Å². The van der Waals surface area contributed by atoms with Gasteiger partial charge >= 0.3 is 0 Å². The lowest BCUT2D eigenvalue weighted by atomic mass is 10.1. The zero-order valence-corrected chi connectivity index (χ0v) is 17.0. The zero-order chi connectivity index (χ0) is 21.0. The van der Waals surface area contributed by atoms with Crippen LogP contribution in [0, 0.1) is 6.92 Å². The number of aliphatic imine (C=N–C) groups is 1. The summed E-state index contributed by atoms with van der Waals surface area (Å²) in [6, 6.07) is 13.9. The van der Waals surface area contributed by atoms with Crippen LogP contribution in [0.4, 0.5) is 5.69 Å². The fourth-order valence-corrected chi connectivity index (χ4v) is 3.52. The molecule has 0 unspecified atom stereocenters. The summed E-state index contributed by atoms with van der Waals surface area (Å²) in [4.78, 5) is 17.0. The molecule has 0 saturated carbocycles. The third-order valence-electron chi connectivity index (χ3n) is 4.50. The minimum atomic E-state index is -3.86. The number of hydrogen-bond donors (Lipinski definition) is 3. The molecule has 152 valence electrons. The first-order valence-electron chi connectivity index (χ1n) is 9.07. The first-order chi connectivity index (χ1) is 13.8. The Morgan fingerprint density at radius 3 is 2.69 bits per heavy atom. The Balaban J connectivity index is 1.81. The molecule has 0 aliphatic heterocycles. The lowest BCUT2D eigenvalue weighted by molar-refractivity contribution is 0.597. The number of aromatic nitrogens is 2. The summed E-state index contributed by atoms with van der Waals surface area (Å²) < 4.78 is 24.4. The summed E-state index contributed by atoms with van der Waals surface area (Å²) in [6.45, 7) is 4.16. The molecule has 0 spiro atoms. The molecule has 0 amide bonds. The van der Waals surface area contributed by atoms with Gasteiger partial charge in [0.25, 0.3) is 5.56 Å². The van der Waals surface area contributed by atoms with Crippen molar-refractivity contribution in [1.82, 2.24) is 9.78 Å². The summed E-state index contributed by atoms with van der Waals surface area (Å²) >= 11 is 0. The fraction of sp³-hybridized carbons (Fsp3) is 0.200. The van der Waals surface area contributed by atoms with Gasteiger partial charge < -0.3 is 5.32 Å². The van der Waals surface area contributed by atoms with Gasteiger partial charge in [-0.1, -0.05) is 31.2 Å². The minimum Gasteiger partial charge on any atom is -0.366 e. The maximum absolute atomic E-state index is 12.8. The molecule has 0 bridgehead atoms. The average Bonchev–Trinajstić information content (AvgIpc) is 2.99. The summed E-state index contributed by atoms with van der Waals surface area (Å²) in [5, 5.41) is 11.4.